The first-order valence-electron chi connectivity index (χ1n) is 7.61. The molecule has 134 valence electrons. The molecule has 2 rings (SSSR count). The second-order valence-electron chi connectivity index (χ2n) is 5.17. The van der Waals surface area contributed by atoms with E-state index in [4.69, 9.17) is 4.74 Å². The molecule has 0 bridgehead atoms. The highest BCUT2D eigenvalue weighted by Gasteiger charge is 2.17. The van der Waals surface area contributed by atoms with Crippen molar-refractivity contribution in [3.8, 4) is 5.75 Å². The number of carbonyl (C=O) groups is 1. The van der Waals surface area contributed by atoms with Crippen LogP contribution in [0.2, 0.25) is 0 Å². The van der Waals surface area contributed by atoms with Gasteiger partial charge in [0.15, 0.2) is 18.2 Å². The van der Waals surface area contributed by atoms with Crippen molar-refractivity contribution in [3.63, 3.8) is 0 Å². The van der Waals surface area contributed by atoms with Crippen molar-refractivity contribution in [1.29, 1.82) is 0 Å². The van der Waals surface area contributed by atoms with Crippen LogP contribution in [-0.4, -0.2) is 19.2 Å². The first-order valence-corrected chi connectivity index (χ1v) is 8.41. The highest BCUT2D eigenvalue weighted by atomic mass is 79.9. The zero-order valence-corrected chi connectivity index (χ0v) is 15.0. The minimum atomic E-state index is -0.903. The molecule has 0 unspecified atom stereocenters. The molecule has 0 aliphatic carbocycles. The van der Waals surface area contributed by atoms with Crippen LogP contribution in [0.15, 0.2) is 34.8 Å². The Morgan fingerprint density at radius 2 is 1.80 bits per heavy atom. The van der Waals surface area contributed by atoms with Crippen molar-refractivity contribution in [1.82, 2.24) is 0 Å². The van der Waals surface area contributed by atoms with Crippen LogP contribution in [0.3, 0.4) is 0 Å². The van der Waals surface area contributed by atoms with E-state index in [1.165, 1.54) is 6.07 Å². The summed E-state index contributed by atoms with van der Waals surface area (Å²) in [7, 11) is 0. The van der Waals surface area contributed by atoms with Crippen LogP contribution in [-0.2, 0) is 22.4 Å². The summed E-state index contributed by atoms with van der Waals surface area (Å²) in [5, 5.41) is 0. The first-order chi connectivity index (χ1) is 11.9. The smallest absolute Gasteiger partial charge is 0.344 e. The number of rotatable bonds is 7. The molecule has 0 aromatic heterocycles. The van der Waals surface area contributed by atoms with Crippen molar-refractivity contribution < 1.29 is 27.4 Å². The van der Waals surface area contributed by atoms with E-state index < -0.39 is 30.0 Å². The fraction of sp³-hybridized carbons (Fsp3) is 0.278. The molecule has 0 spiro atoms. The molecule has 2 aromatic rings. The largest absolute Gasteiger partial charge is 0.479 e. The number of ether oxygens (including phenoxy) is 2. The van der Waals surface area contributed by atoms with Gasteiger partial charge in [-0.2, -0.15) is 0 Å². The molecule has 0 heterocycles. The Labute approximate surface area is 151 Å². The van der Waals surface area contributed by atoms with Gasteiger partial charge in [0.05, 0.1) is 6.61 Å². The Morgan fingerprint density at radius 1 is 1.08 bits per heavy atom. The maximum absolute atomic E-state index is 14.4. The quantitative estimate of drug-likeness (QED) is 0.619. The van der Waals surface area contributed by atoms with E-state index in [0.29, 0.717) is 10.0 Å². The third kappa shape index (κ3) is 5.22. The molecule has 0 aliphatic heterocycles. The molecule has 7 heteroatoms. The SMILES string of the molecule is CCOC(=O)COc1ccc(F)c(CCc2cc(Br)ccc2F)c1F. The Morgan fingerprint density at radius 3 is 2.52 bits per heavy atom. The fourth-order valence-electron chi connectivity index (χ4n) is 2.25. The van der Waals surface area contributed by atoms with Gasteiger partial charge in [-0.25, -0.2) is 18.0 Å². The Balaban J connectivity index is 2.13. The van der Waals surface area contributed by atoms with Crippen LogP contribution in [0.4, 0.5) is 13.2 Å². The summed E-state index contributed by atoms with van der Waals surface area (Å²) in [6.45, 7) is 1.34. The molecule has 0 amide bonds. The highest BCUT2D eigenvalue weighted by Crippen LogP contribution is 2.25. The number of hydrogen-bond donors (Lipinski definition) is 0. The molecule has 0 N–H and O–H groups in total. The van der Waals surface area contributed by atoms with Gasteiger partial charge in [0, 0.05) is 10.0 Å². The van der Waals surface area contributed by atoms with E-state index in [1.54, 1.807) is 19.1 Å². The zero-order valence-electron chi connectivity index (χ0n) is 13.5. The summed E-state index contributed by atoms with van der Waals surface area (Å²) in [6.07, 6.45) is 0.0576. The summed E-state index contributed by atoms with van der Waals surface area (Å²) in [5.74, 6) is -3.00. The summed E-state index contributed by atoms with van der Waals surface area (Å²) in [4.78, 5) is 11.3. The van der Waals surface area contributed by atoms with Gasteiger partial charge in [-0.3, -0.25) is 0 Å². The number of carbonyl (C=O) groups excluding carboxylic acids is 1. The second-order valence-corrected chi connectivity index (χ2v) is 6.08. The summed E-state index contributed by atoms with van der Waals surface area (Å²) in [5.41, 5.74) is 0.117. The van der Waals surface area contributed by atoms with Crippen LogP contribution < -0.4 is 4.74 Å². The van der Waals surface area contributed by atoms with Gasteiger partial charge in [-0.1, -0.05) is 15.9 Å². The van der Waals surface area contributed by atoms with Gasteiger partial charge >= 0.3 is 5.97 Å². The Hall–Kier alpha value is -2.02. The lowest BCUT2D eigenvalue weighted by Gasteiger charge is -2.11. The van der Waals surface area contributed by atoms with Crippen molar-refractivity contribution in [2.45, 2.75) is 19.8 Å². The van der Waals surface area contributed by atoms with Crippen molar-refractivity contribution >= 4 is 21.9 Å². The fourth-order valence-corrected chi connectivity index (χ4v) is 2.66. The average molecular weight is 417 g/mol. The van der Waals surface area contributed by atoms with E-state index in [2.05, 4.69) is 20.7 Å². The molecule has 3 nitrogen and oxygen atoms in total. The third-order valence-corrected chi connectivity index (χ3v) is 3.95. The lowest BCUT2D eigenvalue weighted by molar-refractivity contribution is -0.145. The van der Waals surface area contributed by atoms with Gasteiger partial charge < -0.3 is 9.47 Å². The number of aryl methyl sites for hydroxylation is 1. The lowest BCUT2D eigenvalue weighted by Crippen LogP contribution is -2.15. The van der Waals surface area contributed by atoms with E-state index in [1.807, 2.05) is 0 Å². The molecular formula is C18H16BrF3O3. The maximum Gasteiger partial charge on any atom is 0.344 e. The summed E-state index contributed by atoms with van der Waals surface area (Å²) >= 11 is 3.23. The predicted octanol–water partition coefficient (Wildman–Crippen LogP) is 4.59. The highest BCUT2D eigenvalue weighted by molar-refractivity contribution is 9.10. The minimum Gasteiger partial charge on any atom is -0.479 e. The molecule has 0 atom stereocenters. The molecule has 0 saturated carbocycles. The molecule has 25 heavy (non-hydrogen) atoms. The lowest BCUT2D eigenvalue weighted by atomic mass is 10.0. The van der Waals surface area contributed by atoms with Gasteiger partial charge in [0.25, 0.3) is 0 Å². The molecule has 0 aliphatic rings. The van der Waals surface area contributed by atoms with Gasteiger partial charge in [0.1, 0.15) is 11.6 Å². The minimum absolute atomic E-state index is 0.0539. The van der Waals surface area contributed by atoms with Crippen LogP contribution >= 0.6 is 15.9 Å². The number of hydrogen-bond acceptors (Lipinski definition) is 3. The van der Waals surface area contributed by atoms with Crippen LogP contribution in [0.25, 0.3) is 0 Å². The predicted molar refractivity (Wildman–Crippen MR) is 90.0 cm³/mol. The summed E-state index contributed by atoms with van der Waals surface area (Å²) < 4.78 is 52.5. The van der Waals surface area contributed by atoms with E-state index in [9.17, 15) is 18.0 Å². The van der Waals surface area contributed by atoms with E-state index in [-0.39, 0.29) is 30.8 Å². The average Bonchev–Trinajstić information content (AvgIpc) is 2.57. The van der Waals surface area contributed by atoms with E-state index in [0.717, 1.165) is 12.1 Å². The molecule has 0 radical (unpaired) electrons. The molecule has 0 saturated heterocycles. The zero-order chi connectivity index (χ0) is 18.4. The Bertz CT molecular complexity index is 765. The van der Waals surface area contributed by atoms with E-state index >= 15 is 0 Å². The van der Waals surface area contributed by atoms with Crippen LogP contribution in [0, 0.1) is 17.5 Å². The number of halogens is 4. The number of benzene rings is 2. The molecule has 2 aromatic carbocycles. The normalized spacial score (nSPS) is 10.6. The summed E-state index contributed by atoms with van der Waals surface area (Å²) in [6, 6.07) is 6.55. The number of esters is 1. The van der Waals surface area contributed by atoms with Crippen LogP contribution in [0.1, 0.15) is 18.1 Å². The van der Waals surface area contributed by atoms with Gasteiger partial charge in [-0.15, -0.1) is 0 Å². The first kappa shape index (κ1) is 19.3. The molecular weight excluding hydrogens is 401 g/mol. The third-order valence-electron chi connectivity index (χ3n) is 3.45. The second kappa shape index (κ2) is 8.89. The van der Waals surface area contributed by atoms with Gasteiger partial charge in [-0.05, 0) is 55.7 Å². The standard InChI is InChI=1S/C18H16BrF3O3/c1-2-24-17(23)10-25-16-8-7-15(21)13(18(16)22)5-3-11-9-12(19)4-6-14(11)20/h4,6-9H,2-3,5,10H2,1H3. The maximum atomic E-state index is 14.4. The van der Waals surface area contributed by atoms with Crippen molar-refractivity contribution in [2.24, 2.45) is 0 Å². The topological polar surface area (TPSA) is 35.5 Å². The monoisotopic (exact) mass is 416 g/mol. The van der Waals surface area contributed by atoms with Crippen molar-refractivity contribution in [2.75, 3.05) is 13.2 Å². The Kier molecular flexibility index (Phi) is 6.87. The molecule has 0 fully saturated rings. The van der Waals surface area contributed by atoms with Gasteiger partial charge in [0.2, 0.25) is 0 Å². The van der Waals surface area contributed by atoms with Crippen molar-refractivity contribution in [3.05, 3.63) is 63.4 Å². The van der Waals surface area contributed by atoms with Crippen LogP contribution in [0.5, 0.6) is 5.75 Å².